The lowest BCUT2D eigenvalue weighted by atomic mass is 10.3. The van der Waals surface area contributed by atoms with E-state index in [9.17, 15) is 8.42 Å². The number of aryl methyl sites for hydroxylation is 1. The second-order valence-electron chi connectivity index (χ2n) is 3.84. The van der Waals surface area contributed by atoms with Crippen molar-refractivity contribution in [1.82, 2.24) is 14.5 Å². The minimum atomic E-state index is -3.52. The Hall–Kier alpha value is -1.86. The van der Waals surface area contributed by atoms with Gasteiger partial charge in [0.2, 0.25) is 10.0 Å². The van der Waals surface area contributed by atoms with Crippen molar-refractivity contribution in [2.24, 2.45) is 7.05 Å². The van der Waals surface area contributed by atoms with Crippen LogP contribution < -0.4 is 10.5 Å². The molecule has 0 amide bonds. The summed E-state index contributed by atoms with van der Waals surface area (Å²) in [4.78, 5) is 0.193. The van der Waals surface area contributed by atoms with Crippen LogP contribution in [0.25, 0.3) is 0 Å². The summed E-state index contributed by atoms with van der Waals surface area (Å²) in [6, 6.07) is 7.81. The van der Waals surface area contributed by atoms with Crippen molar-refractivity contribution in [1.29, 1.82) is 0 Å². The fourth-order valence-corrected chi connectivity index (χ4v) is 2.47. The van der Waals surface area contributed by atoms with Crippen molar-refractivity contribution < 1.29 is 8.42 Å². The zero-order valence-corrected chi connectivity index (χ0v) is 10.7. The summed E-state index contributed by atoms with van der Waals surface area (Å²) >= 11 is 0. The predicted octanol–water partition coefficient (Wildman–Crippen LogP) is 0.481. The molecule has 96 valence electrons. The number of nitrogens with two attached hydrogens (primary N) is 1. The predicted molar refractivity (Wildman–Crippen MR) is 68.1 cm³/mol. The van der Waals surface area contributed by atoms with Crippen LogP contribution in [0.4, 0.5) is 5.69 Å². The molecule has 2 aromatic rings. The summed E-state index contributed by atoms with van der Waals surface area (Å²) in [6.07, 6.45) is 1.62. The summed E-state index contributed by atoms with van der Waals surface area (Å²) in [5.41, 5.74) is 6.83. The maximum absolute atomic E-state index is 12.0. The fraction of sp³-hybridized carbons (Fsp3) is 0.182. The van der Waals surface area contributed by atoms with Crippen LogP contribution in [0.15, 0.2) is 41.4 Å². The average Bonchev–Trinajstić information content (AvgIpc) is 2.73. The number of hydrogen-bond donors (Lipinski definition) is 2. The number of hydrogen-bond acceptors (Lipinski definition) is 4. The third-order valence-electron chi connectivity index (χ3n) is 2.56. The lowest BCUT2D eigenvalue weighted by molar-refractivity contribution is 0.577. The zero-order chi connectivity index (χ0) is 13.2. The minimum absolute atomic E-state index is 0.193. The number of nitrogens with zero attached hydrogens (tertiary/aromatic N) is 2. The quantitative estimate of drug-likeness (QED) is 0.788. The molecule has 0 saturated heterocycles. The van der Waals surface area contributed by atoms with E-state index in [1.54, 1.807) is 36.1 Å². The van der Waals surface area contributed by atoms with Gasteiger partial charge in [0.05, 0.1) is 17.1 Å². The molecule has 0 unspecified atom stereocenters. The van der Waals surface area contributed by atoms with Crippen molar-refractivity contribution in [3.05, 3.63) is 42.2 Å². The van der Waals surface area contributed by atoms with E-state index < -0.39 is 10.0 Å². The molecule has 0 spiro atoms. The van der Waals surface area contributed by atoms with E-state index in [0.29, 0.717) is 5.69 Å². The van der Waals surface area contributed by atoms with E-state index in [0.717, 1.165) is 5.69 Å². The molecule has 0 aliphatic rings. The average molecular weight is 266 g/mol. The van der Waals surface area contributed by atoms with Gasteiger partial charge in [0.1, 0.15) is 0 Å². The molecule has 1 aromatic carbocycles. The van der Waals surface area contributed by atoms with E-state index in [-0.39, 0.29) is 11.4 Å². The van der Waals surface area contributed by atoms with Crippen molar-refractivity contribution in [3.63, 3.8) is 0 Å². The van der Waals surface area contributed by atoms with Crippen LogP contribution in [0.1, 0.15) is 5.69 Å². The summed E-state index contributed by atoms with van der Waals surface area (Å²) in [5.74, 6) is 0. The third-order valence-corrected chi connectivity index (χ3v) is 3.97. The lowest BCUT2D eigenvalue weighted by Gasteiger charge is -2.07. The molecular formula is C11H14N4O2S. The van der Waals surface area contributed by atoms with Gasteiger partial charge in [-0.1, -0.05) is 0 Å². The highest BCUT2D eigenvalue weighted by Crippen LogP contribution is 2.11. The molecule has 6 nitrogen and oxygen atoms in total. The maximum atomic E-state index is 12.0. The van der Waals surface area contributed by atoms with Crippen LogP contribution in [-0.2, 0) is 23.6 Å². The van der Waals surface area contributed by atoms with Gasteiger partial charge in [0.15, 0.2) is 0 Å². The van der Waals surface area contributed by atoms with Crippen molar-refractivity contribution >= 4 is 15.7 Å². The minimum Gasteiger partial charge on any atom is -0.399 e. The number of sulfonamides is 1. The highest BCUT2D eigenvalue weighted by atomic mass is 32.2. The number of benzene rings is 1. The molecule has 0 aliphatic heterocycles. The highest BCUT2D eigenvalue weighted by molar-refractivity contribution is 7.89. The largest absolute Gasteiger partial charge is 0.399 e. The van der Waals surface area contributed by atoms with E-state index in [1.165, 1.54) is 12.1 Å². The lowest BCUT2D eigenvalue weighted by Crippen LogP contribution is -2.24. The number of anilines is 1. The number of nitrogens with one attached hydrogen (secondary N) is 1. The Labute approximate surface area is 105 Å². The molecule has 0 bridgehead atoms. The van der Waals surface area contributed by atoms with E-state index in [4.69, 9.17) is 5.73 Å². The first-order valence-electron chi connectivity index (χ1n) is 5.31. The van der Waals surface area contributed by atoms with Gasteiger partial charge in [-0.25, -0.2) is 13.1 Å². The Morgan fingerprint density at radius 1 is 1.28 bits per heavy atom. The molecule has 3 N–H and O–H groups in total. The number of rotatable bonds is 4. The monoisotopic (exact) mass is 266 g/mol. The third kappa shape index (κ3) is 2.69. The molecule has 0 atom stereocenters. The van der Waals surface area contributed by atoms with Crippen molar-refractivity contribution in [2.45, 2.75) is 11.4 Å². The van der Waals surface area contributed by atoms with E-state index in [2.05, 4.69) is 9.82 Å². The summed E-state index contributed by atoms with van der Waals surface area (Å²) in [6.45, 7) is 0.198. The normalized spacial score (nSPS) is 11.6. The number of aromatic nitrogens is 2. The molecule has 7 heteroatoms. The fourth-order valence-electron chi connectivity index (χ4n) is 1.47. The van der Waals surface area contributed by atoms with E-state index >= 15 is 0 Å². The topological polar surface area (TPSA) is 90.0 Å². The van der Waals surface area contributed by atoms with Gasteiger partial charge >= 0.3 is 0 Å². The van der Waals surface area contributed by atoms with Gasteiger partial charge in [-0.15, -0.1) is 0 Å². The van der Waals surface area contributed by atoms with Crippen LogP contribution in [0.3, 0.4) is 0 Å². The Morgan fingerprint density at radius 2 is 1.94 bits per heavy atom. The highest BCUT2D eigenvalue weighted by Gasteiger charge is 2.13. The summed E-state index contributed by atoms with van der Waals surface area (Å²) < 4.78 is 28.1. The molecule has 1 aromatic heterocycles. The van der Waals surface area contributed by atoms with Crippen molar-refractivity contribution in [2.75, 3.05) is 5.73 Å². The molecule has 0 aliphatic carbocycles. The molecule has 1 heterocycles. The van der Waals surface area contributed by atoms with Gasteiger partial charge in [-0.05, 0) is 30.3 Å². The first-order chi connectivity index (χ1) is 8.49. The van der Waals surface area contributed by atoms with Crippen LogP contribution in [0.2, 0.25) is 0 Å². The van der Waals surface area contributed by atoms with Gasteiger partial charge in [0, 0.05) is 18.9 Å². The molecule has 0 radical (unpaired) electrons. The first-order valence-corrected chi connectivity index (χ1v) is 6.79. The summed E-state index contributed by atoms with van der Waals surface area (Å²) in [5, 5.41) is 3.97. The summed E-state index contributed by atoms with van der Waals surface area (Å²) in [7, 11) is -1.76. The van der Waals surface area contributed by atoms with Crippen LogP contribution in [0, 0.1) is 0 Å². The maximum Gasteiger partial charge on any atom is 0.240 e. The Bertz CT molecular complexity index is 631. The van der Waals surface area contributed by atoms with Crippen molar-refractivity contribution in [3.8, 4) is 0 Å². The van der Waals surface area contributed by atoms with Gasteiger partial charge in [0.25, 0.3) is 0 Å². The molecule has 18 heavy (non-hydrogen) atoms. The van der Waals surface area contributed by atoms with Crippen LogP contribution in [0.5, 0.6) is 0 Å². The molecule has 2 rings (SSSR count). The standard InChI is InChI=1S/C11H14N4O2S/c1-15-10(6-7-13-15)8-14-18(16,17)11-4-2-9(12)3-5-11/h2-7,14H,8,12H2,1H3. The molecular weight excluding hydrogens is 252 g/mol. The first kappa shape index (κ1) is 12.6. The van der Waals surface area contributed by atoms with E-state index in [1.807, 2.05) is 0 Å². The Balaban J connectivity index is 2.13. The Kier molecular flexibility index (Phi) is 3.35. The second kappa shape index (κ2) is 4.79. The SMILES string of the molecule is Cn1nccc1CNS(=O)(=O)c1ccc(N)cc1. The van der Waals surface area contributed by atoms with Crippen LogP contribution >= 0.6 is 0 Å². The van der Waals surface area contributed by atoms with Gasteiger partial charge in [-0.2, -0.15) is 5.10 Å². The van der Waals surface area contributed by atoms with Gasteiger partial charge in [-0.3, -0.25) is 4.68 Å². The Morgan fingerprint density at radius 3 is 2.50 bits per heavy atom. The zero-order valence-electron chi connectivity index (χ0n) is 9.87. The number of nitrogen functional groups attached to an aromatic ring is 1. The molecule has 0 saturated carbocycles. The molecule has 0 fully saturated rings. The smallest absolute Gasteiger partial charge is 0.240 e. The van der Waals surface area contributed by atoms with Gasteiger partial charge < -0.3 is 5.73 Å². The second-order valence-corrected chi connectivity index (χ2v) is 5.61. The van der Waals surface area contributed by atoms with Crippen LogP contribution in [-0.4, -0.2) is 18.2 Å².